The van der Waals surface area contributed by atoms with Gasteiger partial charge in [-0.1, -0.05) is 18.2 Å². The Morgan fingerprint density at radius 3 is 2.74 bits per heavy atom. The van der Waals surface area contributed by atoms with E-state index >= 15 is 0 Å². The molecule has 1 aromatic heterocycles. The van der Waals surface area contributed by atoms with E-state index in [1.165, 1.54) is 5.39 Å². The maximum absolute atomic E-state index is 5.12. The fraction of sp³-hybridized carbons (Fsp3) is 0.500. The van der Waals surface area contributed by atoms with E-state index in [1.54, 1.807) is 14.2 Å². The summed E-state index contributed by atoms with van der Waals surface area (Å²) in [5, 5.41) is 9.19. The van der Waals surface area contributed by atoms with Gasteiger partial charge >= 0.3 is 0 Å². The largest absolute Gasteiger partial charge is 0.383 e. The molecule has 0 amide bonds. The van der Waals surface area contributed by atoms with Crippen molar-refractivity contribution in [2.45, 2.75) is 13.1 Å². The topological polar surface area (TPSA) is 48.3 Å². The molecule has 5 nitrogen and oxygen atoms in total. The number of nitrogens with one attached hydrogen (secondary N) is 1. The van der Waals surface area contributed by atoms with Crippen LogP contribution >= 0.6 is 0 Å². The van der Waals surface area contributed by atoms with Gasteiger partial charge in [-0.15, -0.1) is 0 Å². The lowest BCUT2D eigenvalue weighted by molar-refractivity contribution is 0.184. The van der Waals surface area contributed by atoms with Gasteiger partial charge < -0.3 is 14.8 Å². The van der Waals surface area contributed by atoms with Crippen LogP contribution in [0.15, 0.2) is 24.3 Å². The monoisotopic (exact) mass is 263 g/mol. The Hall–Kier alpha value is -1.43. The lowest BCUT2D eigenvalue weighted by atomic mass is 10.2. The number of rotatable bonds is 8. The van der Waals surface area contributed by atoms with Crippen LogP contribution in [-0.2, 0) is 22.6 Å². The molecule has 0 atom stereocenters. The molecule has 0 aliphatic carbocycles. The first kappa shape index (κ1) is 14.0. The second-order valence-electron chi connectivity index (χ2n) is 4.35. The average Bonchev–Trinajstić information content (AvgIpc) is 2.80. The second kappa shape index (κ2) is 7.23. The van der Waals surface area contributed by atoms with E-state index in [9.17, 15) is 0 Å². The Bertz CT molecular complexity index is 510. The van der Waals surface area contributed by atoms with Crippen LogP contribution in [0.2, 0.25) is 0 Å². The number of hydrogen-bond donors (Lipinski definition) is 1. The standard InChI is InChI=1S/C14H21N3O2/c1-18-9-7-15-11-13-12-5-3-4-6-14(12)17(16-13)8-10-19-2/h3-6,15H,7-11H2,1-2H3. The Balaban J connectivity index is 2.13. The molecule has 0 saturated heterocycles. The number of methoxy groups -OCH3 is 2. The van der Waals surface area contributed by atoms with E-state index in [0.717, 1.165) is 30.8 Å². The van der Waals surface area contributed by atoms with Gasteiger partial charge in [0.15, 0.2) is 0 Å². The minimum Gasteiger partial charge on any atom is -0.383 e. The Morgan fingerprint density at radius 1 is 1.16 bits per heavy atom. The summed E-state index contributed by atoms with van der Waals surface area (Å²) in [5.41, 5.74) is 2.23. The summed E-state index contributed by atoms with van der Waals surface area (Å²) in [6, 6.07) is 8.29. The van der Waals surface area contributed by atoms with E-state index < -0.39 is 0 Å². The molecule has 0 unspecified atom stereocenters. The van der Waals surface area contributed by atoms with Crippen molar-refractivity contribution >= 4 is 10.9 Å². The molecule has 1 N–H and O–H groups in total. The van der Waals surface area contributed by atoms with E-state index in [-0.39, 0.29) is 0 Å². The molecular formula is C14H21N3O2. The van der Waals surface area contributed by atoms with Crippen molar-refractivity contribution in [3.05, 3.63) is 30.0 Å². The maximum Gasteiger partial charge on any atom is 0.0841 e. The van der Waals surface area contributed by atoms with Crippen molar-refractivity contribution in [2.75, 3.05) is 34.0 Å². The Kier molecular flexibility index (Phi) is 5.32. The molecular weight excluding hydrogens is 242 g/mol. The Labute approximate surface area is 113 Å². The number of fused-ring (bicyclic) bond motifs is 1. The van der Waals surface area contributed by atoms with Crippen LogP contribution < -0.4 is 5.32 Å². The van der Waals surface area contributed by atoms with Gasteiger partial charge in [0, 0.05) is 32.7 Å². The van der Waals surface area contributed by atoms with Crippen molar-refractivity contribution in [1.29, 1.82) is 0 Å². The molecule has 0 fully saturated rings. The molecule has 5 heteroatoms. The predicted octanol–water partition coefficient (Wildman–Crippen LogP) is 1.42. The summed E-state index contributed by atoms with van der Waals surface area (Å²) in [6.07, 6.45) is 0. The zero-order chi connectivity index (χ0) is 13.5. The Morgan fingerprint density at radius 2 is 1.95 bits per heavy atom. The van der Waals surface area contributed by atoms with Crippen LogP contribution in [0.1, 0.15) is 5.69 Å². The minimum atomic E-state index is 0.669. The van der Waals surface area contributed by atoms with Gasteiger partial charge in [0.25, 0.3) is 0 Å². The number of nitrogens with zero attached hydrogens (tertiary/aromatic N) is 2. The van der Waals surface area contributed by atoms with Crippen molar-refractivity contribution < 1.29 is 9.47 Å². The summed E-state index contributed by atoms with van der Waals surface area (Å²) in [7, 11) is 3.41. The molecule has 0 aliphatic rings. The highest BCUT2D eigenvalue weighted by molar-refractivity contribution is 5.81. The average molecular weight is 263 g/mol. The summed E-state index contributed by atoms with van der Waals surface area (Å²) in [4.78, 5) is 0. The lowest BCUT2D eigenvalue weighted by Crippen LogP contribution is -2.19. The van der Waals surface area contributed by atoms with Gasteiger partial charge in [0.1, 0.15) is 0 Å². The third kappa shape index (κ3) is 3.53. The quantitative estimate of drug-likeness (QED) is 0.732. The number of benzene rings is 1. The molecule has 2 aromatic rings. The van der Waals surface area contributed by atoms with Crippen molar-refractivity contribution in [1.82, 2.24) is 15.1 Å². The molecule has 2 rings (SSSR count). The van der Waals surface area contributed by atoms with Gasteiger partial charge in [-0.25, -0.2) is 0 Å². The molecule has 0 radical (unpaired) electrons. The molecule has 1 heterocycles. The lowest BCUT2D eigenvalue weighted by Gasteiger charge is -2.02. The maximum atomic E-state index is 5.12. The molecule has 0 saturated carbocycles. The number of hydrogen-bond acceptors (Lipinski definition) is 4. The number of aromatic nitrogens is 2. The van der Waals surface area contributed by atoms with Gasteiger partial charge in [-0.2, -0.15) is 5.10 Å². The molecule has 0 spiro atoms. The first-order chi connectivity index (χ1) is 9.36. The fourth-order valence-corrected chi connectivity index (χ4v) is 2.06. The molecule has 0 aliphatic heterocycles. The van der Waals surface area contributed by atoms with Crippen molar-refractivity contribution in [2.24, 2.45) is 0 Å². The molecule has 0 bridgehead atoms. The fourth-order valence-electron chi connectivity index (χ4n) is 2.06. The van der Waals surface area contributed by atoms with Crippen LogP contribution in [0.4, 0.5) is 0 Å². The normalized spacial score (nSPS) is 11.3. The minimum absolute atomic E-state index is 0.669. The molecule has 1 aromatic carbocycles. The van der Waals surface area contributed by atoms with Crippen LogP contribution in [0.25, 0.3) is 10.9 Å². The van der Waals surface area contributed by atoms with E-state index in [4.69, 9.17) is 9.47 Å². The summed E-state index contributed by atoms with van der Waals surface area (Å²) < 4.78 is 12.2. The van der Waals surface area contributed by atoms with E-state index in [0.29, 0.717) is 13.2 Å². The first-order valence-electron chi connectivity index (χ1n) is 6.50. The van der Waals surface area contributed by atoms with Gasteiger partial charge in [0.05, 0.1) is 31.0 Å². The number of para-hydroxylation sites is 1. The van der Waals surface area contributed by atoms with Gasteiger partial charge in [-0.3, -0.25) is 4.68 Å². The van der Waals surface area contributed by atoms with Crippen molar-refractivity contribution in [3.8, 4) is 0 Å². The summed E-state index contributed by atoms with van der Waals surface area (Å²) in [6.45, 7) is 3.74. The van der Waals surface area contributed by atoms with Crippen LogP contribution in [-0.4, -0.2) is 43.8 Å². The van der Waals surface area contributed by atoms with E-state index in [1.807, 2.05) is 16.8 Å². The highest BCUT2D eigenvalue weighted by Crippen LogP contribution is 2.18. The highest BCUT2D eigenvalue weighted by Gasteiger charge is 2.09. The van der Waals surface area contributed by atoms with Crippen LogP contribution in [0.5, 0.6) is 0 Å². The predicted molar refractivity (Wildman–Crippen MR) is 75.2 cm³/mol. The summed E-state index contributed by atoms with van der Waals surface area (Å²) in [5.74, 6) is 0. The van der Waals surface area contributed by atoms with Gasteiger partial charge in [-0.05, 0) is 6.07 Å². The van der Waals surface area contributed by atoms with Crippen molar-refractivity contribution in [3.63, 3.8) is 0 Å². The summed E-state index contributed by atoms with van der Waals surface area (Å²) >= 11 is 0. The second-order valence-corrected chi connectivity index (χ2v) is 4.35. The number of ether oxygens (including phenoxy) is 2. The zero-order valence-electron chi connectivity index (χ0n) is 11.6. The zero-order valence-corrected chi connectivity index (χ0v) is 11.6. The smallest absolute Gasteiger partial charge is 0.0841 e. The SMILES string of the molecule is COCCNCc1nn(CCOC)c2ccccc12. The third-order valence-electron chi connectivity index (χ3n) is 3.02. The first-order valence-corrected chi connectivity index (χ1v) is 6.50. The highest BCUT2D eigenvalue weighted by atomic mass is 16.5. The van der Waals surface area contributed by atoms with E-state index in [2.05, 4.69) is 22.5 Å². The van der Waals surface area contributed by atoms with Gasteiger partial charge in [0.2, 0.25) is 0 Å². The molecule has 104 valence electrons. The molecule has 19 heavy (non-hydrogen) atoms. The van der Waals surface area contributed by atoms with Crippen LogP contribution in [0, 0.1) is 0 Å². The van der Waals surface area contributed by atoms with Crippen LogP contribution in [0.3, 0.4) is 0 Å². The third-order valence-corrected chi connectivity index (χ3v) is 3.02.